The molecule has 0 atom stereocenters. The van der Waals surface area contributed by atoms with Crippen molar-refractivity contribution in [1.82, 2.24) is 14.8 Å². The van der Waals surface area contributed by atoms with Crippen molar-refractivity contribution in [1.29, 1.82) is 0 Å². The second kappa shape index (κ2) is 6.85. The average Bonchev–Trinajstić information content (AvgIpc) is 2.89. The maximum atomic E-state index is 12.1. The number of carbonyl (C=O) groups excluding carboxylic acids is 1. The van der Waals surface area contributed by atoms with Crippen LogP contribution in [0.5, 0.6) is 0 Å². The minimum atomic E-state index is 0.239. The molecule has 1 aromatic heterocycles. The van der Waals surface area contributed by atoms with Gasteiger partial charge in [0.1, 0.15) is 0 Å². The fourth-order valence-electron chi connectivity index (χ4n) is 2.27. The molecule has 1 aromatic rings. The van der Waals surface area contributed by atoms with Crippen molar-refractivity contribution < 1.29 is 4.79 Å². The van der Waals surface area contributed by atoms with E-state index in [0.717, 1.165) is 50.5 Å². The van der Waals surface area contributed by atoms with Crippen LogP contribution in [0.3, 0.4) is 0 Å². The minimum absolute atomic E-state index is 0.239. The smallest absolute Gasteiger partial charge is 0.227 e. The van der Waals surface area contributed by atoms with Gasteiger partial charge in [-0.3, -0.25) is 9.69 Å². The molecule has 1 aliphatic heterocycles. The van der Waals surface area contributed by atoms with E-state index in [1.807, 2.05) is 23.4 Å². The molecule has 1 aliphatic rings. The largest absolute Gasteiger partial charge is 0.367 e. The fourth-order valence-corrected chi connectivity index (χ4v) is 2.41. The molecule has 2 rings (SSSR count). The summed E-state index contributed by atoms with van der Waals surface area (Å²) in [5.41, 5.74) is 1.07. The summed E-state index contributed by atoms with van der Waals surface area (Å²) in [6.45, 7) is 4.80. The molecule has 5 heteroatoms. The van der Waals surface area contributed by atoms with Gasteiger partial charge in [0.15, 0.2) is 0 Å². The third kappa shape index (κ3) is 3.78. The van der Waals surface area contributed by atoms with E-state index in [1.54, 1.807) is 0 Å². The summed E-state index contributed by atoms with van der Waals surface area (Å²) in [4.78, 5) is 19.4. The van der Waals surface area contributed by atoms with Crippen LogP contribution in [0.15, 0.2) is 18.5 Å². The van der Waals surface area contributed by atoms with Crippen LogP contribution in [0, 0.1) is 0 Å². The van der Waals surface area contributed by atoms with Crippen molar-refractivity contribution in [2.24, 2.45) is 0 Å². The number of piperazine rings is 1. The van der Waals surface area contributed by atoms with E-state index < -0.39 is 0 Å². The van der Waals surface area contributed by atoms with Crippen LogP contribution in [0.2, 0.25) is 0 Å². The maximum Gasteiger partial charge on any atom is 0.227 e. The van der Waals surface area contributed by atoms with Gasteiger partial charge in [0, 0.05) is 38.6 Å². The number of H-pyrrole nitrogens is 1. The minimum Gasteiger partial charge on any atom is -0.367 e. The first kappa shape index (κ1) is 13.5. The zero-order valence-electron chi connectivity index (χ0n) is 10.6. The normalized spacial score (nSPS) is 17.1. The van der Waals surface area contributed by atoms with Crippen LogP contribution >= 0.6 is 12.6 Å². The van der Waals surface area contributed by atoms with Crippen LogP contribution in [0.25, 0.3) is 0 Å². The molecule has 4 nitrogen and oxygen atoms in total. The van der Waals surface area contributed by atoms with Gasteiger partial charge in [0.2, 0.25) is 5.91 Å². The van der Waals surface area contributed by atoms with Crippen molar-refractivity contribution in [3.63, 3.8) is 0 Å². The highest BCUT2D eigenvalue weighted by Gasteiger charge is 2.20. The number of hydrogen-bond acceptors (Lipinski definition) is 3. The highest BCUT2D eigenvalue weighted by atomic mass is 32.1. The van der Waals surface area contributed by atoms with E-state index in [4.69, 9.17) is 0 Å². The lowest BCUT2D eigenvalue weighted by Gasteiger charge is -2.34. The molecule has 0 unspecified atom stereocenters. The summed E-state index contributed by atoms with van der Waals surface area (Å²) in [6.07, 6.45) is 5.39. The Morgan fingerprint density at radius 1 is 1.33 bits per heavy atom. The monoisotopic (exact) mass is 267 g/mol. The number of hydrogen-bond donors (Lipinski definition) is 2. The van der Waals surface area contributed by atoms with Crippen LogP contribution < -0.4 is 0 Å². The summed E-state index contributed by atoms with van der Waals surface area (Å²) >= 11 is 4.23. The first-order valence-electron chi connectivity index (χ1n) is 6.52. The summed E-state index contributed by atoms with van der Waals surface area (Å²) < 4.78 is 0. The second-order valence-electron chi connectivity index (χ2n) is 4.70. The van der Waals surface area contributed by atoms with Crippen molar-refractivity contribution in [3.8, 4) is 0 Å². The van der Waals surface area contributed by atoms with E-state index in [0.29, 0.717) is 6.42 Å². The van der Waals surface area contributed by atoms with Gasteiger partial charge in [-0.05, 0) is 30.3 Å². The highest BCUT2D eigenvalue weighted by molar-refractivity contribution is 7.80. The van der Waals surface area contributed by atoms with E-state index in [1.165, 1.54) is 0 Å². The van der Waals surface area contributed by atoms with Crippen LogP contribution in [0.4, 0.5) is 0 Å². The first-order chi connectivity index (χ1) is 8.79. The third-order valence-electron chi connectivity index (χ3n) is 3.38. The molecule has 100 valence electrons. The van der Waals surface area contributed by atoms with Gasteiger partial charge in [-0.1, -0.05) is 0 Å². The summed E-state index contributed by atoms with van der Waals surface area (Å²) in [5.74, 6) is 1.18. The Morgan fingerprint density at radius 2 is 2.11 bits per heavy atom. The number of nitrogens with zero attached hydrogens (tertiary/aromatic N) is 2. The molecule has 2 heterocycles. The lowest BCUT2D eigenvalue weighted by molar-refractivity contribution is -0.132. The zero-order chi connectivity index (χ0) is 12.8. The van der Waals surface area contributed by atoms with Gasteiger partial charge in [-0.2, -0.15) is 12.6 Å². The highest BCUT2D eigenvalue weighted by Crippen LogP contribution is 2.07. The molecule has 0 saturated carbocycles. The van der Waals surface area contributed by atoms with Crippen LogP contribution in [0.1, 0.15) is 12.0 Å². The molecule has 1 saturated heterocycles. The van der Waals surface area contributed by atoms with E-state index in [9.17, 15) is 4.79 Å². The van der Waals surface area contributed by atoms with E-state index in [-0.39, 0.29) is 5.91 Å². The Kier molecular flexibility index (Phi) is 5.13. The molecule has 18 heavy (non-hydrogen) atoms. The van der Waals surface area contributed by atoms with E-state index in [2.05, 4.69) is 22.5 Å². The molecule has 1 N–H and O–H groups in total. The standard InChI is InChI=1S/C13H21N3OS/c17-13(10-12-2-3-14-11-12)16-7-5-15(6-8-16)4-1-9-18/h2-3,11,14,18H,1,4-10H2. The summed E-state index contributed by atoms with van der Waals surface area (Å²) in [6, 6.07) is 1.96. The van der Waals surface area contributed by atoms with Gasteiger partial charge in [0.05, 0.1) is 6.42 Å². The summed E-state index contributed by atoms with van der Waals surface area (Å²) in [7, 11) is 0. The number of aromatic nitrogens is 1. The number of carbonyl (C=O) groups is 1. The fraction of sp³-hybridized carbons (Fsp3) is 0.615. The topological polar surface area (TPSA) is 39.3 Å². The Balaban J connectivity index is 1.73. The molecule has 0 aliphatic carbocycles. The molecule has 0 aromatic carbocycles. The third-order valence-corrected chi connectivity index (χ3v) is 3.69. The van der Waals surface area contributed by atoms with Crippen LogP contribution in [-0.4, -0.2) is 59.2 Å². The first-order valence-corrected chi connectivity index (χ1v) is 7.15. The Labute approximate surface area is 114 Å². The number of rotatable bonds is 5. The SMILES string of the molecule is O=C(Cc1cc[nH]c1)N1CCN(CCCS)CC1. The number of thiol groups is 1. The molecule has 0 bridgehead atoms. The second-order valence-corrected chi connectivity index (χ2v) is 5.14. The number of amides is 1. The van der Waals surface area contributed by atoms with Gasteiger partial charge in [0.25, 0.3) is 0 Å². The molecular formula is C13H21N3OS. The average molecular weight is 267 g/mol. The van der Waals surface area contributed by atoms with Crippen molar-refractivity contribution in [2.75, 3.05) is 38.5 Å². The molecule has 1 amide bonds. The molecule has 0 spiro atoms. The summed E-state index contributed by atoms with van der Waals surface area (Å²) in [5, 5.41) is 0. The van der Waals surface area contributed by atoms with Gasteiger partial charge in [-0.25, -0.2) is 0 Å². The van der Waals surface area contributed by atoms with Crippen LogP contribution in [-0.2, 0) is 11.2 Å². The van der Waals surface area contributed by atoms with Crippen molar-refractivity contribution in [3.05, 3.63) is 24.0 Å². The van der Waals surface area contributed by atoms with Crippen molar-refractivity contribution in [2.45, 2.75) is 12.8 Å². The Morgan fingerprint density at radius 3 is 2.72 bits per heavy atom. The number of aromatic amines is 1. The Hall–Kier alpha value is -0.940. The predicted molar refractivity (Wildman–Crippen MR) is 76.0 cm³/mol. The lowest BCUT2D eigenvalue weighted by Crippen LogP contribution is -2.49. The zero-order valence-corrected chi connectivity index (χ0v) is 11.5. The van der Waals surface area contributed by atoms with Gasteiger partial charge >= 0.3 is 0 Å². The van der Waals surface area contributed by atoms with Gasteiger partial charge < -0.3 is 9.88 Å². The van der Waals surface area contributed by atoms with Crippen molar-refractivity contribution >= 4 is 18.5 Å². The number of nitrogens with one attached hydrogen (secondary N) is 1. The van der Waals surface area contributed by atoms with E-state index >= 15 is 0 Å². The molecular weight excluding hydrogens is 246 g/mol. The lowest BCUT2D eigenvalue weighted by atomic mass is 10.2. The van der Waals surface area contributed by atoms with Gasteiger partial charge in [-0.15, -0.1) is 0 Å². The quantitative estimate of drug-likeness (QED) is 0.782. The predicted octanol–water partition coefficient (Wildman–Crippen LogP) is 1.02. The maximum absolute atomic E-state index is 12.1. The molecule has 0 radical (unpaired) electrons. The Bertz CT molecular complexity index is 358. The molecule has 1 fully saturated rings.